The SMILES string of the molecule is CC(=O)[C@@]1(C)CC[C@H]2[C@@H]3C[C@H](C)C4=CC(=O)C(O)C[C@]4(C)[C@H]3CC[C@@]21C. The van der Waals surface area contributed by atoms with Crippen LogP contribution in [0.15, 0.2) is 11.6 Å². The molecule has 4 aliphatic carbocycles. The Balaban J connectivity index is 1.74. The molecule has 3 saturated carbocycles. The highest BCUT2D eigenvalue weighted by molar-refractivity contribution is 5.95. The predicted octanol–water partition coefficient (Wildman–Crippen LogP) is 4.33. The topological polar surface area (TPSA) is 54.4 Å². The van der Waals surface area contributed by atoms with Gasteiger partial charge >= 0.3 is 0 Å². The minimum absolute atomic E-state index is 0.0633. The maximum absolute atomic E-state index is 12.5. The molecule has 0 heterocycles. The zero-order chi connectivity index (χ0) is 19.1. The molecule has 8 atom stereocenters. The minimum atomic E-state index is -0.839. The van der Waals surface area contributed by atoms with Gasteiger partial charge in [-0.15, -0.1) is 0 Å². The number of carbonyl (C=O) groups is 2. The molecule has 1 unspecified atom stereocenters. The van der Waals surface area contributed by atoms with E-state index in [0.29, 0.717) is 35.9 Å². The molecule has 144 valence electrons. The first-order chi connectivity index (χ1) is 12.0. The molecule has 4 aliphatic rings. The molecular weight excluding hydrogens is 324 g/mol. The summed E-state index contributed by atoms with van der Waals surface area (Å²) in [5.74, 6) is 2.37. The number of rotatable bonds is 1. The molecule has 26 heavy (non-hydrogen) atoms. The van der Waals surface area contributed by atoms with E-state index in [1.165, 1.54) is 5.57 Å². The third kappa shape index (κ3) is 2.10. The molecule has 0 bridgehead atoms. The summed E-state index contributed by atoms with van der Waals surface area (Å²) in [5, 5.41) is 10.3. The molecule has 3 heteroatoms. The fourth-order valence-electron chi connectivity index (χ4n) is 7.89. The number of ketones is 2. The summed E-state index contributed by atoms with van der Waals surface area (Å²) in [5.41, 5.74) is 1.13. The number of hydrogen-bond donors (Lipinski definition) is 1. The van der Waals surface area contributed by atoms with E-state index in [1.54, 1.807) is 13.0 Å². The lowest BCUT2D eigenvalue weighted by Gasteiger charge is -2.61. The van der Waals surface area contributed by atoms with Gasteiger partial charge in [0, 0.05) is 5.41 Å². The standard InChI is InChI=1S/C23H34O3/c1-13-10-15-16(21(3)12-20(26)19(25)11-18(13)21)6-9-23(5)17(15)7-8-22(23,4)14(2)24/h11,13,15-17,20,26H,6-10,12H2,1-5H3/t13-,15+,16-,17-,20?,21+,22+,23-/m0/s1. The zero-order valence-corrected chi connectivity index (χ0v) is 17.0. The van der Waals surface area contributed by atoms with Crippen molar-refractivity contribution < 1.29 is 14.7 Å². The molecular formula is C23H34O3. The second-order valence-electron chi connectivity index (χ2n) is 10.5. The van der Waals surface area contributed by atoms with Crippen LogP contribution in [0, 0.1) is 39.9 Å². The first-order valence-electron chi connectivity index (χ1n) is 10.5. The lowest BCUT2D eigenvalue weighted by atomic mass is 9.43. The Morgan fingerprint density at radius 3 is 2.46 bits per heavy atom. The molecule has 1 N–H and O–H groups in total. The number of Topliss-reactive ketones (excluding diaryl/α,β-unsaturated/α-hetero) is 1. The van der Waals surface area contributed by atoms with Crippen LogP contribution in [-0.2, 0) is 9.59 Å². The molecule has 0 radical (unpaired) electrons. The van der Waals surface area contributed by atoms with E-state index in [2.05, 4.69) is 27.7 Å². The second kappa shape index (κ2) is 5.53. The van der Waals surface area contributed by atoms with Crippen LogP contribution in [0.4, 0.5) is 0 Å². The van der Waals surface area contributed by atoms with Crippen molar-refractivity contribution in [2.24, 2.45) is 39.9 Å². The maximum atomic E-state index is 12.5. The van der Waals surface area contributed by atoms with E-state index >= 15 is 0 Å². The van der Waals surface area contributed by atoms with Crippen LogP contribution in [0.1, 0.15) is 73.1 Å². The first kappa shape index (κ1) is 18.4. The van der Waals surface area contributed by atoms with E-state index < -0.39 is 6.10 Å². The Morgan fingerprint density at radius 2 is 1.81 bits per heavy atom. The van der Waals surface area contributed by atoms with Crippen molar-refractivity contribution in [3.8, 4) is 0 Å². The van der Waals surface area contributed by atoms with Crippen LogP contribution < -0.4 is 0 Å². The van der Waals surface area contributed by atoms with Gasteiger partial charge in [0.1, 0.15) is 11.9 Å². The molecule has 0 aliphatic heterocycles. The maximum Gasteiger partial charge on any atom is 0.184 e. The molecule has 0 aromatic rings. The van der Waals surface area contributed by atoms with Crippen molar-refractivity contribution in [2.75, 3.05) is 0 Å². The van der Waals surface area contributed by atoms with Crippen LogP contribution >= 0.6 is 0 Å². The van der Waals surface area contributed by atoms with Gasteiger partial charge in [0.25, 0.3) is 0 Å². The first-order valence-corrected chi connectivity index (χ1v) is 10.5. The molecule has 3 nitrogen and oxygen atoms in total. The van der Waals surface area contributed by atoms with Crippen molar-refractivity contribution in [3.63, 3.8) is 0 Å². The molecule has 4 rings (SSSR count). The Labute approximate surface area is 157 Å². The third-order valence-electron chi connectivity index (χ3n) is 9.70. The van der Waals surface area contributed by atoms with Crippen LogP contribution in [0.3, 0.4) is 0 Å². The summed E-state index contributed by atoms with van der Waals surface area (Å²) in [6.07, 6.45) is 7.02. The van der Waals surface area contributed by atoms with Gasteiger partial charge in [-0.25, -0.2) is 0 Å². The molecule has 0 spiro atoms. The highest BCUT2D eigenvalue weighted by Crippen LogP contribution is 2.70. The van der Waals surface area contributed by atoms with Crippen molar-refractivity contribution in [2.45, 2.75) is 79.2 Å². The lowest BCUT2D eigenvalue weighted by Crippen LogP contribution is -2.55. The summed E-state index contributed by atoms with van der Waals surface area (Å²) in [7, 11) is 0. The van der Waals surface area contributed by atoms with Gasteiger partial charge < -0.3 is 5.11 Å². The molecule has 0 aromatic carbocycles. The van der Waals surface area contributed by atoms with E-state index in [1.807, 2.05) is 0 Å². The normalized spacial score (nSPS) is 53.4. The van der Waals surface area contributed by atoms with Gasteiger partial charge in [-0.05, 0) is 86.0 Å². The monoisotopic (exact) mass is 358 g/mol. The molecule has 0 saturated heterocycles. The largest absolute Gasteiger partial charge is 0.385 e. The van der Waals surface area contributed by atoms with Gasteiger partial charge in [0.2, 0.25) is 0 Å². The summed E-state index contributed by atoms with van der Waals surface area (Å²) >= 11 is 0. The average Bonchev–Trinajstić information content (AvgIpc) is 2.83. The predicted molar refractivity (Wildman–Crippen MR) is 101 cm³/mol. The quantitative estimate of drug-likeness (QED) is 0.759. The fraction of sp³-hybridized carbons (Fsp3) is 0.826. The van der Waals surface area contributed by atoms with Gasteiger partial charge in [0.15, 0.2) is 5.78 Å². The minimum Gasteiger partial charge on any atom is -0.385 e. The summed E-state index contributed by atoms with van der Waals surface area (Å²) in [4.78, 5) is 24.7. The lowest BCUT2D eigenvalue weighted by molar-refractivity contribution is -0.142. The van der Waals surface area contributed by atoms with Crippen molar-refractivity contribution in [1.29, 1.82) is 0 Å². The number of hydrogen-bond acceptors (Lipinski definition) is 3. The smallest absolute Gasteiger partial charge is 0.184 e. The van der Waals surface area contributed by atoms with E-state index in [4.69, 9.17) is 0 Å². The van der Waals surface area contributed by atoms with Crippen molar-refractivity contribution >= 4 is 11.6 Å². The Hall–Kier alpha value is -0.960. The summed E-state index contributed by atoms with van der Waals surface area (Å²) in [6, 6.07) is 0. The Morgan fingerprint density at radius 1 is 1.15 bits per heavy atom. The number of carbonyl (C=O) groups excluding carboxylic acids is 2. The Kier molecular flexibility index (Phi) is 3.91. The van der Waals surface area contributed by atoms with Crippen molar-refractivity contribution in [3.05, 3.63) is 11.6 Å². The van der Waals surface area contributed by atoms with Crippen LogP contribution in [0.25, 0.3) is 0 Å². The van der Waals surface area contributed by atoms with Gasteiger partial charge in [-0.1, -0.05) is 33.3 Å². The van der Waals surface area contributed by atoms with E-state index in [0.717, 1.165) is 32.1 Å². The van der Waals surface area contributed by atoms with Crippen LogP contribution in [-0.4, -0.2) is 22.8 Å². The van der Waals surface area contributed by atoms with Crippen LogP contribution in [0.5, 0.6) is 0 Å². The number of allylic oxidation sites excluding steroid dienone is 1. The van der Waals surface area contributed by atoms with E-state index in [9.17, 15) is 14.7 Å². The second-order valence-corrected chi connectivity index (χ2v) is 10.5. The molecule has 0 aromatic heterocycles. The highest BCUT2D eigenvalue weighted by Gasteiger charge is 2.64. The zero-order valence-electron chi connectivity index (χ0n) is 17.0. The number of fused-ring (bicyclic) bond motifs is 5. The third-order valence-corrected chi connectivity index (χ3v) is 9.70. The molecule has 3 fully saturated rings. The average molecular weight is 359 g/mol. The van der Waals surface area contributed by atoms with Gasteiger partial charge in [-0.3, -0.25) is 9.59 Å². The Bertz CT molecular complexity index is 694. The summed E-state index contributed by atoms with van der Waals surface area (Å²) in [6.45, 7) is 10.9. The fourth-order valence-corrected chi connectivity index (χ4v) is 7.89. The van der Waals surface area contributed by atoms with Gasteiger partial charge in [-0.2, -0.15) is 0 Å². The van der Waals surface area contributed by atoms with Crippen LogP contribution in [0.2, 0.25) is 0 Å². The van der Waals surface area contributed by atoms with E-state index in [-0.39, 0.29) is 22.0 Å². The number of aliphatic hydroxyl groups is 1. The highest BCUT2D eigenvalue weighted by atomic mass is 16.3. The van der Waals surface area contributed by atoms with Crippen molar-refractivity contribution in [1.82, 2.24) is 0 Å². The number of aliphatic hydroxyl groups excluding tert-OH is 1. The summed E-state index contributed by atoms with van der Waals surface area (Å²) < 4.78 is 0. The van der Waals surface area contributed by atoms with Gasteiger partial charge in [0.05, 0.1) is 0 Å². The molecule has 0 amide bonds.